The molecule has 0 aliphatic heterocycles. The summed E-state index contributed by atoms with van der Waals surface area (Å²) in [5.74, 6) is 1.62. The zero-order valence-electron chi connectivity index (χ0n) is 17.1. The Bertz CT molecular complexity index is 1020. The van der Waals surface area contributed by atoms with Crippen molar-refractivity contribution in [3.63, 3.8) is 0 Å². The third-order valence-electron chi connectivity index (χ3n) is 5.11. The van der Waals surface area contributed by atoms with Crippen molar-refractivity contribution in [2.24, 2.45) is 0 Å². The maximum Gasteiger partial charge on any atom is 0.236 e. The summed E-state index contributed by atoms with van der Waals surface area (Å²) in [5, 5.41) is 21.0. The summed E-state index contributed by atoms with van der Waals surface area (Å²) in [6.45, 7) is 2.27. The molecule has 8 nitrogen and oxygen atoms in total. The number of rotatable bonds is 8. The number of thioether (sulfide) groups is 1. The van der Waals surface area contributed by atoms with Gasteiger partial charge in [-0.05, 0) is 43.5 Å². The van der Waals surface area contributed by atoms with Gasteiger partial charge < -0.3 is 4.74 Å². The third kappa shape index (κ3) is 5.75. The van der Waals surface area contributed by atoms with E-state index in [2.05, 4.69) is 30.3 Å². The SMILES string of the molecule is Cc1cc(Cl)ccc1OCc1nnc(SCC(=O)Nc2nncs2)n1C1CCCCC1. The average Bonchev–Trinajstić information content (AvgIpc) is 3.42. The van der Waals surface area contributed by atoms with Crippen LogP contribution in [0.15, 0.2) is 28.9 Å². The number of aryl methyl sites for hydroxylation is 1. The van der Waals surface area contributed by atoms with Gasteiger partial charge in [0.25, 0.3) is 0 Å². The second-order valence-corrected chi connectivity index (χ2v) is 9.55. The van der Waals surface area contributed by atoms with Crippen LogP contribution in [0.4, 0.5) is 5.13 Å². The van der Waals surface area contributed by atoms with E-state index in [1.54, 1.807) is 5.51 Å². The van der Waals surface area contributed by atoms with E-state index >= 15 is 0 Å². The first-order valence-corrected chi connectivity index (χ1v) is 12.4. The molecule has 0 radical (unpaired) electrons. The molecule has 11 heteroatoms. The summed E-state index contributed by atoms with van der Waals surface area (Å²) >= 11 is 8.71. The molecule has 0 atom stereocenters. The highest BCUT2D eigenvalue weighted by molar-refractivity contribution is 7.99. The minimum atomic E-state index is -0.144. The summed E-state index contributed by atoms with van der Waals surface area (Å²) in [6.07, 6.45) is 5.77. The first kappa shape index (κ1) is 22.0. The molecule has 2 aromatic heterocycles. The molecule has 164 valence electrons. The predicted molar refractivity (Wildman–Crippen MR) is 122 cm³/mol. The van der Waals surface area contributed by atoms with Gasteiger partial charge in [-0.25, -0.2) is 0 Å². The number of hydrogen-bond acceptors (Lipinski definition) is 8. The molecule has 3 aromatic rings. The van der Waals surface area contributed by atoms with Crippen LogP contribution in [-0.2, 0) is 11.4 Å². The van der Waals surface area contributed by atoms with Gasteiger partial charge >= 0.3 is 0 Å². The Hall–Kier alpha value is -2.17. The van der Waals surface area contributed by atoms with Crippen molar-refractivity contribution in [1.82, 2.24) is 25.0 Å². The Balaban J connectivity index is 1.47. The van der Waals surface area contributed by atoms with Crippen molar-refractivity contribution in [3.8, 4) is 5.75 Å². The largest absolute Gasteiger partial charge is 0.485 e. The van der Waals surface area contributed by atoms with E-state index in [9.17, 15) is 4.79 Å². The zero-order valence-corrected chi connectivity index (χ0v) is 19.5. The highest BCUT2D eigenvalue weighted by Crippen LogP contribution is 2.33. The lowest BCUT2D eigenvalue weighted by molar-refractivity contribution is -0.113. The van der Waals surface area contributed by atoms with E-state index in [4.69, 9.17) is 16.3 Å². The summed E-state index contributed by atoms with van der Waals surface area (Å²) in [4.78, 5) is 12.3. The second kappa shape index (κ2) is 10.4. The number of aromatic nitrogens is 5. The Kier molecular flexibility index (Phi) is 7.41. The fourth-order valence-electron chi connectivity index (χ4n) is 3.64. The van der Waals surface area contributed by atoms with Crippen LogP contribution in [0.3, 0.4) is 0 Å². The first-order chi connectivity index (χ1) is 15.1. The lowest BCUT2D eigenvalue weighted by Gasteiger charge is -2.25. The predicted octanol–water partition coefficient (Wildman–Crippen LogP) is 4.91. The monoisotopic (exact) mass is 478 g/mol. The molecule has 1 N–H and O–H groups in total. The van der Waals surface area contributed by atoms with Crippen molar-refractivity contribution in [3.05, 3.63) is 40.1 Å². The summed E-state index contributed by atoms with van der Waals surface area (Å²) in [5.41, 5.74) is 2.55. The molecule has 1 aromatic carbocycles. The molecule has 1 fully saturated rings. The number of carbonyl (C=O) groups excluding carboxylic acids is 1. The number of nitrogens with one attached hydrogen (secondary N) is 1. The number of halogens is 1. The molecule has 0 saturated heterocycles. The van der Waals surface area contributed by atoms with Gasteiger partial charge in [0.1, 0.15) is 17.9 Å². The quantitative estimate of drug-likeness (QED) is 0.459. The van der Waals surface area contributed by atoms with Crippen LogP contribution in [0.25, 0.3) is 0 Å². The summed E-state index contributed by atoms with van der Waals surface area (Å²) < 4.78 is 8.19. The Labute approximate surface area is 193 Å². The minimum Gasteiger partial charge on any atom is -0.485 e. The van der Waals surface area contributed by atoms with Crippen molar-refractivity contribution in [2.75, 3.05) is 11.1 Å². The minimum absolute atomic E-state index is 0.144. The molecular weight excluding hydrogens is 456 g/mol. The molecule has 1 saturated carbocycles. The van der Waals surface area contributed by atoms with Crippen molar-refractivity contribution < 1.29 is 9.53 Å². The maximum absolute atomic E-state index is 12.3. The van der Waals surface area contributed by atoms with Gasteiger partial charge in [-0.2, -0.15) is 0 Å². The smallest absolute Gasteiger partial charge is 0.236 e. The van der Waals surface area contributed by atoms with E-state index in [1.165, 1.54) is 42.4 Å². The summed E-state index contributed by atoms with van der Waals surface area (Å²) in [6, 6.07) is 5.88. The second-order valence-electron chi connectivity index (χ2n) is 7.34. The van der Waals surface area contributed by atoms with Crippen molar-refractivity contribution in [2.45, 2.75) is 56.8 Å². The van der Waals surface area contributed by atoms with Gasteiger partial charge in [0.15, 0.2) is 11.0 Å². The lowest BCUT2D eigenvalue weighted by Crippen LogP contribution is -2.19. The highest BCUT2D eigenvalue weighted by atomic mass is 35.5. The van der Waals surface area contributed by atoms with Crippen LogP contribution in [0.1, 0.15) is 49.5 Å². The number of ether oxygens (including phenoxy) is 1. The van der Waals surface area contributed by atoms with Gasteiger partial charge in [-0.15, -0.1) is 20.4 Å². The summed E-state index contributed by atoms with van der Waals surface area (Å²) in [7, 11) is 0. The number of amides is 1. The zero-order chi connectivity index (χ0) is 21.6. The number of carbonyl (C=O) groups is 1. The van der Waals surface area contributed by atoms with E-state index in [1.807, 2.05) is 25.1 Å². The maximum atomic E-state index is 12.3. The van der Waals surface area contributed by atoms with Gasteiger partial charge in [0.05, 0.1) is 5.75 Å². The fourth-order valence-corrected chi connectivity index (χ4v) is 5.15. The number of hydrogen-bond donors (Lipinski definition) is 1. The van der Waals surface area contributed by atoms with E-state index in [-0.39, 0.29) is 11.7 Å². The van der Waals surface area contributed by atoms with E-state index in [0.29, 0.717) is 22.8 Å². The van der Waals surface area contributed by atoms with E-state index in [0.717, 1.165) is 35.1 Å². The number of anilines is 1. The van der Waals surface area contributed by atoms with Crippen LogP contribution in [0, 0.1) is 6.92 Å². The number of nitrogens with zero attached hydrogens (tertiary/aromatic N) is 5. The molecule has 2 heterocycles. The Morgan fingerprint density at radius 3 is 2.87 bits per heavy atom. The molecule has 4 rings (SSSR count). The standard InChI is InChI=1S/C20H23ClN6O2S2/c1-13-9-14(21)7-8-16(13)29-10-17-24-26-20(27(17)15-5-3-2-4-6-15)30-11-18(28)23-19-25-22-12-31-19/h7-9,12,15H,2-6,10-11H2,1H3,(H,23,25,28). The van der Waals surface area contributed by atoms with Crippen LogP contribution in [0.2, 0.25) is 5.02 Å². The topological polar surface area (TPSA) is 94.8 Å². The molecule has 0 bridgehead atoms. The van der Waals surface area contributed by atoms with Crippen LogP contribution >= 0.6 is 34.7 Å². The Morgan fingerprint density at radius 1 is 1.29 bits per heavy atom. The Morgan fingerprint density at radius 2 is 2.13 bits per heavy atom. The average molecular weight is 479 g/mol. The fraction of sp³-hybridized carbons (Fsp3) is 0.450. The molecular formula is C20H23ClN6O2S2. The first-order valence-electron chi connectivity index (χ1n) is 10.1. The van der Waals surface area contributed by atoms with Crippen molar-refractivity contribution in [1.29, 1.82) is 0 Å². The molecule has 1 amide bonds. The van der Waals surface area contributed by atoms with Crippen LogP contribution in [0.5, 0.6) is 5.75 Å². The van der Waals surface area contributed by atoms with Gasteiger partial charge in [0.2, 0.25) is 11.0 Å². The normalized spacial score (nSPS) is 14.5. The molecule has 0 unspecified atom stereocenters. The third-order valence-corrected chi connectivity index (χ3v) is 6.89. The molecule has 0 spiro atoms. The van der Waals surface area contributed by atoms with Crippen molar-refractivity contribution >= 4 is 45.7 Å². The number of benzene rings is 1. The van der Waals surface area contributed by atoms with Gasteiger partial charge in [0, 0.05) is 11.1 Å². The molecule has 31 heavy (non-hydrogen) atoms. The van der Waals surface area contributed by atoms with E-state index < -0.39 is 0 Å². The lowest BCUT2D eigenvalue weighted by atomic mass is 9.95. The molecule has 1 aliphatic rings. The molecule has 1 aliphatic carbocycles. The van der Waals surface area contributed by atoms with Gasteiger partial charge in [-0.3, -0.25) is 14.7 Å². The van der Waals surface area contributed by atoms with Gasteiger partial charge in [-0.1, -0.05) is 54.0 Å². The van der Waals surface area contributed by atoms with Crippen LogP contribution in [-0.4, -0.2) is 36.6 Å². The highest BCUT2D eigenvalue weighted by Gasteiger charge is 2.24. The van der Waals surface area contributed by atoms with Crippen LogP contribution < -0.4 is 10.1 Å².